The second kappa shape index (κ2) is 7.68. The average molecular weight is 344 g/mol. The Balaban J connectivity index is 1.75. The molecule has 2 amide bonds. The van der Waals surface area contributed by atoms with Crippen molar-refractivity contribution in [2.45, 2.75) is 31.7 Å². The van der Waals surface area contributed by atoms with Crippen molar-refractivity contribution in [1.29, 1.82) is 0 Å². The van der Waals surface area contributed by atoms with Crippen LogP contribution in [0.4, 0.5) is 0 Å². The quantitative estimate of drug-likeness (QED) is 0.783. The zero-order valence-corrected chi connectivity index (χ0v) is 14.5. The molecule has 0 aromatic heterocycles. The Morgan fingerprint density at radius 2 is 1.72 bits per heavy atom. The van der Waals surface area contributed by atoms with Gasteiger partial charge in [0.25, 0.3) is 5.91 Å². The molecular formula is C19H24N2O4. The maximum atomic E-state index is 12.8. The van der Waals surface area contributed by atoms with Gasteiger partial charge in [0, 0.05) is 24.6 Å². The molecule has 1 unspecified atom stereocenters. The zero-order valence-electron chi connectivity index (χ0n) is 14.5. The van der Waals surface area contributed by atoms with Crippen LogP contribution in [0.25, 0.3) is 0 Å². The van der Waals surface area contributed by atoms with Gasteiger partial charge >= 0.3 is 5.97 Å². The highest BCUT2D eigenvalue weighted by atomic mass is 16.5. The fourth-order valence-corrected chi connectivity index (χ4v) is 3.74. The first-order chi connectivity index (χ1) is 12.1. The Morgan fingerprint density at radius 1 is 1.04 bits per heavy atom. The van der Waals surface area contributed by atoms with Crippen molar-refractivity contribution >= 4 is 17.8 Å². The monoisotopic (exact) mass is 344 g/mol. The molecule has 134 valence electrons. The van der Waals surface area contributed by atoms with Crippen molar-refractivity contribution in [1.82, 2.24) is 9.80 Å². The van der Waals surface area contributed by atoms with Crippen LogP contribution in [0.3, 0.4) is 0 Å². The smallest absolute Gasteiger partial charge is 0.330 e. The molecule has 1 saturated carbocycles. The molecule has 6 heteroatoms. The number of carbonyl (C=O) groups excluding carboxylic acids is 3. The zero-order chi connectivity index (χ0) is 17.8. The van der Waals surface area contributed by atoms with E-state index >= 15 is 0 Å². The number of hydrogen-bond acceptors (Lipinski definition) is 4. The topological polar surface area (TPSA) is 66.9 Å². The van der Waals surface area contributed by atoms with E-state index in [-0.39, 0.29) is 24.3 Å². The highest BCUT2D eigenvalue weighted by Gasteiger charge is 2.40. The molecular weight excluding hydrogens is 320 g/mol. The van der Waals surface area contributed by atoms with Gasteiger partial charge in [0.15, 0.2) is 0 Å². The molecule has 1 atom stereocenters. The van der Waals surface area contributed by atoms with Gasteiger partial charge in [0.05, 0.1) is 13.7 Å². The second-order valence-corrected chi connectivity index (χ2v) is 6.67. The molecule has 3 rings (SSSR count). The summed E-state index contributed by atoms with van der Waals surface area (Å²) in [6.45, 7) is 0.978. The molecule has 1 heterocycles. The fraction of sp³-hybridized carbons (Fsp3) is 0.526. The first kappa shape index (κ1) is 17.5. The van der Waals surface area contributed by atoms with Gasteiger partial charge in [-0.05, 0) is 25.0 Å². The van der Waals surface area contributed by atoms with Gasteiger partial charge in [-0.25, -0.2) is 4.79 Å². The normalized spacial score (nSPS) is 21.2. The van der Waals surface area contributed by atoms with Crippen LogP contribution in [-0.4, -0.2) is 60.4 Å². The molecule has 1 aliphatic heterocycles. The van der Waals surface area contributed by atoms with Crippen molar-refractivity contribution < 1.29 is 19.1 Å². The molecule has 25 heavy (non-hydrogen) atoms. The lowest BCUT2D eigenvalue weighted by Crippen LogP contribution is -2.60. The largest absolute Gasteiger partial charge is 0.467 e. The maximum Gasteiger partial charge on any atom is 0.330 e. The van der Waals surface area contributed by atoms with E-state index in [0.29, 0.717) is 18.7 Å². The number of hydrogen-bond donors (Lipinski definition) is 0. The minimum absolute atomic E-state index is 0.00327. The first-order valence-electron chi connectivity index (χ1n) is 8.84. The van der Waals surface area contributed by atoms with Gasteiger partial charge in [-0.15, -0.1) is 0 Å². The van der Waals surface area contributed by atoms with E-state index < -0.39 is 12.0 Å². The summed E-state index contributed by atoms with van der Waals surface area (Å²) in [5.41, 5.74) is 0.585. The van der Waals surface area contributed by atoms with Crippen molar-refractivity contribution in [3.63, 3.8) is 0 Å². The van der Waals surface area contributed by atoms with Gasteiger partial charge < -0.3 is 14.5 Å². The Kier molecular flexibility index (Phi) is 5.36. The molecule has 1 saturated heterocycles. The lowest BCUT2D eigenvalue weighted by atomic mass is 10.0. The van der Waals surface area contributed by atoms with Crippen LogP contribution < -0.4 is 0 Å². The molecule has 1 aliphatic carbocycles. The van der Waals surface area contributed by atoms with Gasteiger partial charge in [0.2, 0.25) is 5.91 Å². The Labute approximate surface area is 147 Å². The number of amides is 2. The SMILES string of the molecule is COC(=O)C1CN(C(=O)c2ccccc2)CCN1C(=O)C1CCCC1. The van der Waals surface area contributed by atoms with Crippen molar-refractivity contribution in [2.24, 2.45) is 5.92 Å². The summed E-state index contributed by atoms with van der Waals surface area (Å²) in [6, 6.07) is 8.26. The van der Waals surface area contributed by atoms with Crippen LogP contribution >= 0.6 is 0 Å². The van der Waals surface area contributed by atoms with Crippen LogP contribution in [0.1, 0.15) is 36.0 Å². The summed E-state index contributed by atoms with van der Waals surface area (Å²) in [4.78, 5) is 41.0. The van der Waals surface area contributed by atoms with Crippen LogP contribution in [0.2, 0.25) is 0 Å². The second-order valence-electron chi connectivity index (χ2n) is 6.67. The molecule has 1 aromatic carbocycles. The van der Waals surface area contributed by atoms with E-state index in [1.165, 1.54) is 7.11 Å². The third-order valence-corrected chi connectivity index (χ3v) is 5.15. The minimum atomic E-state index is -0.723. The van der Waals surface area contributed by atoms with E-state index in [0.717, 1.165) is 25.7 Å². The Hall–Kier alpha value is -2.37. The number of esters is 1. The highest BCUT2D eigenvalue weighted by Crippen LogP contribution is 2.28. The number of methoxy groups -OCH3 is 1. The van der Waals surface area contributed by atoms with Gasteiger partial charge in [-0.1, -0.05) is 31.0 Å². The van der Waals surface area contributed by atoms with E-state index in [1.54, 1.807) is 21.9 Å². The Morgan fingerprint density at radius 3 is 2.36 bits per heavy atom. The molecule has 0 spiro atoms. The number of nitrogens with zero attached hydrogens (tertiary/aromatic N) is 2. The molecule has 2 aliphatic rings. The van der Waals surface area contributed by atoms with Gasteiger partial charge in [-0.2, -0.15) is 0 Å². The summed E-state index contributed by atoms with van der Waals surface area (Å²) in [5, 5.41) is 0. The Bertz CT molecular complexity index is 640. The van der Waals surface area contributed by atoms with E-state index in [4.69, 9.17) is 4.74 Å². The third-order valence-electron chi connectivity index (χ3n) is 5.15. The third kappa shape index (κ3) is 3.67. The number of ether oxygens (including phenoxy) is 1. The minimum Gasteiger partial charge on any atom is -0.467 e. The number of benzene rings is 1. The highest BCUT2D eigenvalue weighted by molar-refractivity contribution is 5.95. The van der Waals surface area contributed by atoms with Crippen molar-refractivity contribution in [2.75, 3.05) is 26.7 Å². The number of rotatable bonds is 3. The standard InChI is InChI=1S/C19H24N2O4/c1-25-19(24)16-13-20(17(22)14-7-3-2-4-8-14)11-12-21(16)18(23)15-9-5-6-10-15/h2-4,7-8,15-16H,5-6,9-13H2,1H3. The van der Waals surface area contributed by atoms with Crippen LogP contribution in [-0.2, 0) is 14.3 Å². The molecule has 2 fully saturated rings. The number of carbonyl (C=O) groups is 3. The maximum absolute atomic E-state index is 12.8. The predicted octanol–water partition coefficient (Wildman–Crippen LogP) is 1.70. The first-order valence-corrected chi connectivity index (χ1v) is 8.84. The lowest BCUT2D eigenvalue weighted by Gasteiger charge is -2.40. The summed E-state index contributed by atoms with van der Waals surface area (Å²) in [6.07, 6.45) is 3.89. The van der Waals surface area contributed by atoms with Crippen molar-refractivity contribution in [3.8, 4) is 0 Å². The number of piperazine rings is 1. The summed E-state index contributed by atoms with van der Waals surface area (Å²) in [7, 11) is 1.32. The summed E-state index contributed by atoms with van der Waals surface area (Å²) in [5.74, 6) is -0.553. The molecule has 0 N–H and O–H groups in total. The predicted molar refractivity (Wildman–Crippen MR) is 91.8 cm³/mol. The molecule has 0 radical (unpaired) electrons. The molecule has 1 aromatic rings. The van der Waals surface area contributed by atoms with E-state index in [9.17, 15) is 14.4 Å². The fourth-order valence-electron chi connectivity index (χ4n) is 3.74. The van der Waals surface area contributed by atoms with Gasteiger partial charge in [0.1, 0.15) is 6.04 Å². The van der Waals surface area contributed by atoms with Crippen LogP contribution in [0.15, 0.2) is 30.3 Å². The lowest BCUT2D eigenvalue weighted by molar-refractivity contribution is -0.157. The van der Waals surface area contributed by atoms with E-state index in [1.807, 2.05) is 18.2 Å². The van der Waals surface area contributed by atoms with Crippen molar-refractivity contribution in [3.05, 3.63) is 35.9 Å². The summed E-state index contributed by atoms with van der Waals surface area (Å²) >= 11 is 0. The molecule has 0 bridgehead atoms. The molecule has 6 nitrogen and oxygen atoms in total. The van der Waals surface area contributed by atoms with Gasteiger partial charge in [-0.3, -0.25) is 9.59 Å². The van der Waals surface area contributed by atoms with Crippen LogP contribution in [0.5, 0.6) is 0 Å². The average Bonchev–Trinajstić information content (AvgIpc) is 3.21. The van der Waals surface area contributed by atoms with E-state index in [2.05, 4.69) is 0 Å². The summed E-state index contributed by atoms with van der Waals surface area (Å²) < 4.78 is 4.90. The van der Waals surface area contributed by atoms with Crippen LogP contribution in [0, 0.1) is 5.92 Å².